The summed E-state index contributed by atoms with van der Waals surface area (Å²) in [6.45, 7) is 9.76. The number of fused-ring (bicyclic) bond motifs is 3. The maximum Gasteiger partial charge on any atom is 0.240 e. The van der Waals surface area contributed by atoms with E-state index in [1.807, 2.05) is 25.1 Å². The van der Waals surface area contributed by atoms with Crippen LogP contribution in [0.4, 0.5) is 5.95 Å². The summed E-state index contributed by atoms with van der Waals surface area (Å²) in [7, 11) is -3.46. The normalized spacial score (nSPS) is 28.2. The average Bonchev–Trinajstić information content (AvgIpc) is 2.85. The summed E-state index contributed by atoms with van der Waals surface area (Å²) in [5.74, 6) is 2.18. The van der Waals surface area contributed by atoms with E-state index >= 15 is 0 Å². The highest BCUT2D eigenvalue weighted by Gasteiger charge is 2.41. The molecule has 33 heavy (non-hydrogen) atoms. The molecule has 5 heterocycles. The summed E-state index contributed by atoms with van der Waals surface area (Å²) in [6, 6.07) is 9.21. The number of nitrogens with one attached hydrogen (secondary N) is 1. The Labute approximate surface area is 197 Å². The fraction of sp³-hybridized carbons (Fsp3) is 0.583. The quantitative estimate of drug-likeness (QED) is 0.658. The Hall–Kier alpha value is -2.07. The molecule has 4 saturated heterocycles. The highest BCUT2D eigenvalue weighted by atomic mass is 32.2. The molecule has 2 aromatic rings. The maximum absolute atomic E-state index is 12.7. The molecule has 0 aliphatic carbocycles. The van der Waals surface area contributed by atoms with Gasteiger partial charge in [0, 0.05) is 64.2 Å². The molecule has 4 aliphatic heterocycles. The number of anilines is 1. The van der Waals surface area contributed by atoms with E-state index in [1.54, 1.807) is 24.5 Å². The van der Waals surface area contributed by atoms with Crippen LogP contribution in [0.1, 0.15) is 18.4 Å². The van der Waals surface area contributed by atoms with E-state index in [2.05, 4.69) is 29.4 Å². The van der Waals surface area contributed by atoms with Gasteiger partial charge in [-0.1, -0.05) is 17.7 Å². The van der Waals surface area contributed by atoms with Crippen LogP contribution in [0.3, 0.4) is 0 Å². The third-order valence-electron chi connectivity index (χ3n) is 7.55. The molecular formula is C24H34N6O2S. The van der Waals surface area contributed by atoms with Gasteiger partial charge in [-0.15, -0.1) is 0 Å². The molecular weight excluding hydrogens is 436 g/mol. The lowest BCUT2D eigenvalue weighted by Crippen LogP contribution is -2.59. The number of piperazine rings is 1. The minimum atomic E-state index is -3.46. The Morgan fingerprint density at radius 1 is 1.03 bits per heavy atom. The van der Waals surface area contributed by atoms with Gasteiger partial charge in [0.25, 0.3) is 0 Å². The molecule has 4 fully saturated rings. The van der Waals surface area contributed by atoms with Crippen LogP contribution in [0.25, 0.3) is 0 Å². The monoisotopic (exact) mass is 470 g/mol. The summed E-state index contributed by atoms with van der Waals surface area (Å²) >= 11 is 0. The lowest BCUT2D eigenvalue weighted by molar-refractivity contribution is -0.0108. The molecule has 6 rings (SSSR count). The lowest BCUT2D eigenvalue weighted by Gasteiger charge is -2.51. The van der Waals surface area contributed by atoms with Gasteiger partial charge in [0.2, 0.25) is 16.0 Å². The van der Waals surface area contributed by atoms with Gasteiger partial charge in [-0.3, -0.25) is 9.80 Å². The van der Waals surface area contributed by atoms with Crippen molar-refractivity contribution in [2.45, 2.75) is 30.7 Å². The van der Waals surface area contributed by atoms with E-state index in [0.29, 0.717) is 29.3 Å². The molecule has 0 amide bonds. The Morgan fingerprint density at radius 2 is 1.76 bits per heavy atom. The number of rotatable bonds is 7. The summed E-state index contributed by atoms with van der Waals surface area (Å²) in [5.41, 5.74) is 1.06. The Kier molecular flexibility index (Phi) is 6.65. The Bertz CT molecular complexity index is 1020. The summed E-state index contributed by atoms with van der Waals surface area (Å²) < 4.78 is 28.3. The third kappa shape index (κ3) is 5.21. The zero-order valence-electron chi connectivity index (χ0n) is 19.3. The highest BCUT2D eigenvalue weighted by Crippen LogP contribution is 2.36. The minimum absolute atomic E-state index is 0.298. The van der Waals surface area contributed by atoms with Crippen molar-refractivity contribution < 1.29 is 8.42 Å². The molecule has 1 aromatic carbocycles. The smallest absolute Gasteiger partial charge is 0.240 e. The molecule has 1 N–H and O–H groups in total. The van der Waals surface area contributed by atoms with Crippen LogP contribution in [0.15, 0.2) is 47.6 Å². The fourth-order valence-corrected chi connectivity index (χ4v) is 6.66. The molecule has 2 bridgehead atoms. The van der Waals surface area contributed by atoms with Crippen molar-refractivity contribution in [3.63, 3.8) is 0 Å². The van der Waals surface area contributed by atoms with Crippen molar-refractivity contribution in [3.8, 4) is 0 Å². The first-order valence-electron chi connectivity index (χ1n) is 12.0. The van der Waals surface area contributed by atoms with E-state index in [4.69, 9.17) is 0 Å². The molecule has 9 heteroatoms. The molecule has 4 aliphatic rings. The number of hydrogen-bond donors (Lipinski definition) is 1. The SMILES string of the molecule is Cc1ccc(S(=O)(=O)NCC2CC3CCN2CC3CN2CCN(c3ncccn3)CC2)cc1. The molecule has 4 atom stereocenters. The van der Waals surface area contributed by atoms with Crippen molar-refractivity contribution in [2.24, 2.45) is 11.8 Å². The largest absolute Gasteiger partial charge is 0.338 e. The van der Waals surface area contributed by atoms with E-state index in [1.165, 1.54) is 6.42 Å². The first kappa shape index (κ1) is 22.7. The van der Waals surface area contributed by atoms with Gasteiger partial charge >= 0.3 is 0 Å². The Morgan fingerprint density at radius 3 is 2.42 bits per heavy atom. The first-order chi connectivity index (χ1) is 16.0. The van der Waals surface area contributed by atoms with Crippen LogP contribution in [0.5, 0.6) is 0 Å². The summed E-state index contributed by atoms with van der Waals surface area (Å²) in [5, 5.41) is 0. The molecule has 0 saturated carbocycles. The molecule has 4 unspecified atom stereocenters. The van der Waals surface area contributed by atoms with Crippen molar-refractivity contribution in [3.05, 3.63) is 48.3 Å². The van der Waals surface area contributed by atoms with Crippen LogP contribution in [0.2, 0.25) is 0 Å². The zero-order chi connectivity index (χ0) is 22.8. The van der Waals surface area contributed by atoms with Crippen molar-refractivity contribution >= 4 is 16.0 Å². The van der Waals surface area contributed by atoms with E-state index in [-0.39, 0.29) is 0 Å². The van der Waals surface area contributed by atoms with Gasteiger partial charge in [0.15, 0.2) is 0 Å². The second-order valence-corrected chi connectivity index (χ2v) is 11.5. The number of piperidine rings is 3. The van der Waals surface area contributed by atoms with Crippen LogP contribution < -0.4 is 9.62 Å². The van der Waals surface area contributed by atoms with E-state index < -0.39 is 10.0 Å². The van der Waals surface area contributed by atoms with Gasteiger partial charge in [0.05, 0.1) is 4.90 Å². The number of sulfonamides is 1. The standard InChI is InChI=1S/C24H34N6O2S/c1-19-3-5-23(6-4-19)33(31,32)27-16-22-15-20-7-10-30(22)18-21(20)17-28-11-13-29(14-12-28)24-25-8-2-9-26-24/h2-6,8-9,20-22,27H,7,10-18H2,1H3. The molecule has 0 radical (unpaired) electrons. The van der Waals surface area contributed by atoms with Crippen molar-refractivity contribution in [2.75, 3.05) is 57.3 Å². The predicted octanol–water partition coefficient (Wildman–Crippen LogP) is 1.60. The second-order valence-electron chi connectivity index (χ2n) is 9.69. The van der Waals surface area contributed by atoms with Crippen LogP contribution in [0, 0.1) is 18.8 Å². The van der Waals surface area contributed by atoms with Crippen LogP contribution >= 0.6 is 0 Å². The molecule has 178 valence electrons. The van der Waals surface area contributed by atoms with Crippen molar-refractivity contribution in [1.82, 2.24) is 24.5 Å². The third-order valence-corrected chi connectivity index (χ3v) is 8.99. The molecule has 1 aromatic heterocycles. The second kappa shape index (κ2) is 9.66. The van der Waals surface area contributed by atoms with E-state index in [9.17, 15) is 8.42 Å². The first-order valence-corrected chi connectivity index (χ1v) is 13.5. The van der Waals surface area contributed by atoms with Gasteiger partial charge in [-0.2, -0.15) is 0 Å². The number of benzene rings is 1. The van der Waals surface area contributed by atoms with Crippen LogP contribution in [-0.2, 0) is 10.0 Å². The van der Waals surface area contributed by atoms with Crippen LogP contribution in [-0.4, -0.2) is 86.6 Å². The minimum Gasteiger partial charge on any atom is -0.338 e. The van der Waals surface area contributed by atoms with Gasteiger partial charge in [0.1, 0.15) is 0 Å². The Balaban J connectivity index is 1.11. The summed E-state index contributed by atoms with van der Waals surface area (Å²) in [4.78, 5) is 16.5. The zero-order valence-corrected chi connectivity index (χ0v) is 20.1. The van der Waals surface area contributed by atoms with Crippen molar-refractivity contribution in [1.29, 1.82) is 0 Å². The average molecular weight is 471 g/mol. The number of nitrogens with zero attached hydrogens (tertiary/aromatic N) is 5. The maximum atomic E-state index is 12.7. The number of aryl methyl sites for hydroxylation is 1. The van der Waals surface area contributed by atoms with Gasteiger partial charge in [-0.25, -0.2) is 23.1 Å². The summed E-state index contributed by atoms with van der Waals surface area (Å²) in [6.07, 6.45) is 5.92. The van der Waals surface area contributed by atoms with Gasteiger partial charge < -0.3 is 4.90 Å². The van der Waals surface area contributed by atoms with E-state index in [0.717, 1.165) is 63.7 Å². The topological polar surface area (TPSA) is 81.7 Å². The number of aromatic nitrogens is 2. The predicted molar refractivity (Wildman–Crippen MR) is 129 cm³/mol. The fourth-order valence-electron chi connectivity index (χ4n) is 5.59. The highest BCUT2D eigenvalue weighted by molar-refractivity contribution is 7.89. The number of hydrogen-bond acceptors (Lipinski definition) is 7. The lowest BCUT2D eigenvalue weighted by atomic mass is 9.75. The molecule has 8 nitrogen and oxygen atoms in total. The molecule has 0 spiro atoms. The van der Waals surface area contributed by atoms with Gasteiger partial charge in [-0.05, 0) is 56.3 Å².